The average molecular weight is 305 g/mol. The van der Waals surface area contributed by atoms with Crippen LogP contribution < -0.4 is 5.32 Å². The summed E-state index contributed by atoms with van der Waals surface area (Å²) in [7, 11) is 0. The number of rotatable bonds is 2. The van der Waals surface area contributed by atoms with Gasteiger partial charge >= 0.3 is 6.03 Å². The molecule has 3 heterocycles. The summed E-state index contributed by atoms with van der Waals surface area (Å²) in [6.45, 7) is 8.42. The van der Waals surface area contributed by atoms with Crippen LogP contribution in [0, 0.1) is 20.8 Å². The van der Waals surface area contributed by atoms with Gasteiger partial charge < -0.3 is 19.5 Å². The highest BCUT2D eigenvalue weighted by Gasteiger charge is 2.34. The third kappa shape index (κ3) is 2.46. The molecule has 3 amide bonds. The molecular formula is C16H23N3O3. The Hall–Kier alpha value is -1.98. The van der Waals surface area contributed by atoms with Gasteiger partial charge in [-0.2, -0.15) is 0 Å². The lowest BCUT2D eigenvalue weighted by molar-refractivity contribution is 0.0632. The number of aryl methyl sites for hydroxylation is 2. The first-order valence-corrected chi connectivity index (χ1v) is 7.89. The molecule has 2 aliphatic heterocycles. The molecule has 22 heavy (non-hydrogen) atoms. The number of nitrogens with one attached hydrogen (secondary N) is 1. The summed E-state index contributed by atoms with van der Waals surface area (Å²) < 4.78 is 5.58. The molecule has 0 spiro atoms. The van der Waals surface area contributed by atoms with Crippen molar-refractivity contribution in [3.05, 3.63) is 22.6 Å². The van der Waals surface area contributed by atoms with E-state index in [0.29, 0.717) is 24.4 Å². The molecule has 0 bridgehead atoms. The largest absolute Gasteiger partial charge is 0.466 e. The van der Waals surface area contributed by atoms with Crippen molar-refractivity contribution in [1.29, 1.82) is 0 Å². The van der Waals surface area contributed by atoms with E-state index in [2.05, 4.69) is 5.32 Å². The highest BCUT2D eigenvalue weighted by atomic mass is 16.3. The van der Waals surface area contributed by atoms with E-state index in [9.17, 15) is 9.59 Å². The van der Waals surface area contributed by atoms with Crippen LogP contribution in [0.3, 0.4) is 0 Å². The van der Waals surface area contributed by atoms with E-state index in [0.717, 1.165) is 37.3 Å². The molecule has 120 valence electrons. The second-order valence-electron chi connectivity index (χ2n) is 6.19. The Kier molecular flexibility index (Phi) is 3.85. The Morgan fingerprint density at radius 3 is 2.59 bits per heavy atom. The number of hydrogen-bond donors (Lipinski definition) is 1. The maximum absolute atomic E-state index is 12.8. The zero-order chi connectivity index (χ0) is 15.9. The highest BCUT2D eigenvalue weighted by molar-refractivity contribution is 5.97. The van der Waals surface area contributed by atoms with Gasteiger partial charge in [0.05, 0.1) is 11.6 Å². The molecule has 1 aromatic rings. The number of piperidine rings is 1. The normalized spacial score (nSPS) is 22.1. The molecule has 1 atom stereocenters. The molecule has 2 fully saturated rings. The number of carbonyl (C=O) groups excluding carboxylic acids is 2. The van der Waals surface area contributed by atoms with Gasteiger partial charge in [-0.3, -0.25) is 4.79 Å². The predicted octanol–water partition coefficient (Wildman–Crippen LogP) is 1.83. The van der Waals surface area contributed by atoms with Crippen molar-refractivity contribution in [1.82, 2.24) is 15.1 Å². The van der Waals surface area contributed by atoms with Gasteiger partial charge in [-0.05, 0) is 33.6 Å². The average Bonchev–Trinajstić information content (AvgIpc) is 3.03. The second-order valence-corrected chi connectivity index (χ2v) is 6.19. The minimum atomic E-state index is -0.00850. The van der Waals surface area contributed by atoms with Gasteiger partial charge in [0.25, 0.3) is 5.91 Å². The van der Waals surface area contributed by atoms with E-state index < -0.39 is 0 Å². The fourth-order valence-electron chi connectivity index (χ4n) is 3.49. The van der Waals surface area contributed by atoms with Gasteiger partial charge in [0.2, 0.25) is 0 Å². The van der Waals surface area contributed by atoms with Crippen LogP contribution in [-0.4, -0.2) is 54.0 Å². The van der Waals surface area contributed by atoms with Crippen LogP contribution in [0.1, 0.15) is 40.3 Å². The molecule has 2 saturated heterocycles. The minimum Gasteiger partial charge on any atom is -0.466 e. The first-order chi connectivity index (χ1) is 10.5. The maximum Gasteiger partial charge on any atom is 0.317 e. The third-order valence-corrected chi connectivity index (χ3v) is 4.79. The van der Waals surface area contributed by atoms with E-state index in [1.54, 1.807) is 0 Å². The summed E-state index contributed by atoms with van der Waals surface area (Å²) in [5.41, 5.74) is 1.60. The fraction of sp³-hybridized carbons (Fsp3) is 0.625. The summed E-state index contributed by atoms with van der Waals surface area (Å²) in [5.74, 6) is 1.51. The van der Waals surface area contributed by atoms with Crippen LogP contribution in [0.15, 0.2) is 4.42 Å². The summed E-state index contributed by atoms with van der Waals surface area (Å²) in [6, 6.07) is 0.111. The molecule has 3 rings (SSSR count). The molecule has 0 aliphatic carbocycles. The minimum absolute atomic E-state index is 0.00850. The van der Waals surface area contributed by atoms with Crippen molar-refractivity contribution >= 4 is 11.9 Å². The Morgan fingerprint density at radius 1 is 1.23 bits per heavy atom. The van der Waals surface area contributed by atoms with Gasteiger partial charge in [-0.15, -0.1) is 0 Å². The number of hydrogen-bond acceptors (Lipinski definition) is 3. The Bertz CT molecular complexity index is 608. The number of furan rings is 1. The monoisotopic (exact) mass is 305 g/mol. The second kappa shape index (κ2) is 5.66. The van der Waals surface area contributed by atoms with Crippen LogP contribution in [0.25, 0.3) is 0 Å². The number of likely N-dealkylation sites (tertiary alicyclic amines) is 1. The van der Waals surface area contributed by atoms with Crippen molar-refractivity contribution < 1.29 is 14.0 Å². The SMILES string of the molecule is Cc1oc(C)c(C(=O)N2CCC[C@@H](N3CCNC3=O)C2)c1C. The number of carbonyl (C=O) groups is 2. The van der Waals surface area contributed by atoms with Crippen molar-refractivity contribution in [3.8, 4) is 0 Å². The van der Waals surface area contributed by atoms with Crippen molar-refractivity contribution in [2.24, 2.45) is 0 Å². The molecule has 1 aromatic heterocycles. The zero-order valence-corrected chi connectivity index (χ0v) is 13.4. The van der Waals surface area contributed by atoms with Crippen LogP contribution in [-0.2, 0) is 0 Å². The van der Waals surface area contributed by atoms with Crippen molar-refractivity contribution in [2.75, 3.05) is 26.2 Å². The number of amides is 3. The summed E-state index contributed by atoms with van der Waals surface area (Å²) in [4.78, 5) is 28.4. The summed E-state index contributed by atoms with van der Waals surface area (Å²) in [5, 5.41) is 2.83. The smallest absolute Gasteiger partial charge is 0.317 e. The van der Waals surface area contributed by atoms with Gasteiger partial charge in [0.15, 0.2) is 0 Å². The van der Waals surface area contributed by atoms with Crippen LogP contribution in [0.2, 0.25) is 0 Å². The van der Waals surface area contributed by atoms with E-state index in [1.807, 2.05) is 30.6 Å². The predicted molar refractivity (Wildman–Crippen MR) is 81.9 cm³/mol. The van der Waals surface area contributed by atoms with Crippen LogP contribution in [0.4, 0.5) is 4.79 Å². The van der Waals surface area contributed by atoms with Gasteiger partial charge in [0.1, 0.15) is 11.5 Å². The summed E-state index contributed by atoms with van der Waals surface area (Å²) >= 11 is 0. The third-order valence-electron chi connectivity index (χ3n) is 4.79. The van der Waals surface area contributed by atoms with Gasteiger partial charge in [-0.1, -0.05) is 0 Å². The molecule has 0 radical (unpaired) electrons. The Morgan fingerprint density at radius 2 is 2.00 bits per heavy atom. The van der Waals surface area contributed by atoms with Crippen LogP contribution >= 0.6 is 0 Å². The fourth-order valence-corrected chi connectivity index (χ4v) is 3.49. The van der Waals surface area contributed by atoms with E-state index in [-0.39, 0.29) is 18.0 Å². The van der Waals surface area contributed by atoms with E-state index in [1.165, 1.54) is 0 Å². The molecule has 2 aliphatic rings. The summed E-state index contributed by atoms with van der Waals surface area (Å²) in [6.07, 6.45) is 1.88. The van der Waals surface area contributed by atoms with Crippen molar-refractivity contribution in [2.45, 2.75) is 39.7 Å². The quantitative estimate of drug-likeness (QED) is 0.906. The Labute approximate surface area is 130 Å². The topological polar surface area (TPSA) is 65.8 Å². The molecule has 0 unspecified atom stereocenters. The lowest BCUT2D eigenvalue weighted by Gasteiger charge is -2.37. The lowest BCUT2D eigenvalue weighted by atomic mass is 10.0. The maximum atomic E-state index is 12.8. The van der Waals surface area contributed by atoms with E-state index in [4.69, 9.17) is 4.42 Å². The first kappa shape index (κ1) is 14.9. The van der Waals surface area contributed by atoms with Gasteiger partial charge in [0, 0.05) is 31.7 Å². The molecule has 1 N–H and O–H groups in total. The number of urea groups is 1. The molecule has 0 aromatic carbocycles. The Balaban J connectivity index is 1.77. The lowest BCUT2D eigenvalue weighted by Crippen LogP contribution is -2.50. The highest BCUT2D eigenvalue weighted by Crippen LogP contribution is 2.25. The zero-order valence-electron chi connectivity index (χ0n) is 13.4. The molecule has 0 saturated carbocycles. The van der Waals surface area contributed by atoms with Gasteiger partial charge in [-0.25, -0.2) is 4.79 Å². The first-order valence-electron chi connectivity index (χ1n) is 7.89. The van der Waals surface area contributed by atoms with E-state index >= 15 is 0 Å². The van der Waals surface area contributed by atoms with Crippen molar-refractivity contribution in [3.63, 3.8) is 0 Å². The molecular weight excluding hydrogens is 282 g/mol. The number of nitrogens with zero attached hydrogens (tertiary/aromatic N) is 2. The molecule has 6 heteroatoms. The standard InChI is InChI=1S/C16H23N3O3/c1-10-11(2)22-12(3)14(10)15(20)18-7-4-5-13(9-18)19-8-6-17-16(19)21/h13H,4-9H2,1-3H3,(H,17,21)/t13-/m1/s1. The van der Waals surface area contributed by atoms with Crippen LogP contribution in [0.5, 0.6) is 0 Å². The molecule has 6 nitrogen and oxygen atoms in total.